The molecule has 0 saturated carbocycles. The van der Waals surface area contributed by atoms with Crippen LogP contribution in [0.1, 0.15) is 6.42 Å². The predicted molar refractivity (Wildman–Crippen MR) is 40.6 cm³/mol. The maximum Gasteiger partial charge on any atom is 0.0606 e. The Labute approximate surface area is 61.6 Å². The van der Waals surface area contributed by atoms with Crippen LogP contribution in [0, 0.1) is 0 Å². The highest BCUT2D eigenvalue weighted by molar-refractivity contribution is 4.69. The van der Waals surface area contributed by atoms with E-state index in [2.05, 4.69) is 6.58 Å². The second-order valence-corrected chi connectivity index (χ2v) is 2.02. The molecule has 0 aromatic carbocycles. The number of aliphatic hydroxyl groups is 2. The van der Waals surface area contributed by atoms with Crippen molar-refractivity contribution in [2.45, 2.75) is 6.42 Å². The van der Waals surface area contributed by atoms with Crippen LogP contribution < -0.4 is 0 Å². The van der Waals surface area contributed by atoms with Crippen molar-refractivity contribution in [3.05, 3.63) is 12.8 Å². The molecule has 3 nitrogen and oxygen atoms in total. The van der Waals surface area contributed by atoms with E-state index in [1.54, 1.807) is 6.20 Å². The lowest BCUT2D eigenvalue weighted by atomic mass is 10.4. The Bertz CT molecular complexity index is 85.7. The summed E-state index contributed by atoms with van der Waals surface area (Å²) in [7, 11) is 0. The van der Waals surface area contributed by atoms with Crippen molar-refractivity contribution in [3.63, 3.8) is 0 Å². The van der Waals surface area contributed by atoms with Crippen molar-refractivity contribution in [1.29, 1.82) is 0 Å². The Balaban J connectivity index is 3.29. The van der Waals surface area contributed by atoms with Crippen molar-refractivity contribution < 1.29 is 10.2 Å². The zero-order valence-electron chi connectivity index (χ0n) is 6.16. The lowest BCUT2D eigenvalue weighted by Gasteiger charge is -2.17. The number of hydrogen-bond donors (Lipinski definition) is 2. The summed E-state index contributed by atoms with van der Waals surface area (Å²) < 4.78 is 0. The minimum Gasteiger partial charge on any atom is -0.396 e. The van der Waals surface area contributed by atoms with E-state index in [0.29, 0.717) is 6.54 Å². The van der Waals surface area contributed by atoms with Crippen LogP contribution in [0.3, 0.4) is 0 Å². The first-order valence-electron chi connectivity index (χ1n) is 3.43. The second kappa shape index (κ2) is 6.58. The van der Waals surface area contributed by atoms with E-state index in [1.807, 2.05) is 4.90 Å². The van der Waals surface area contributed by atoms with Crippen LogP contribution in [0.25, 0.3) is 0 Å². The van der Waals surface area contributed by atoms with Gasteiger partial charge in [0.1, 0.15) is 0 Å². The summed E-state index contributed by atoms with van der Waals surface area (Å²) in [5.74, 6) is 0. The maximum atomic E-state index is 8.52. The average Bonchev–Trinajstić information content (AvgIpc) is 1.98. The molecule has 0 aliphatic rings. The Morgan fingerprint density at radius 2 is 1.90 bits per heavy atom. The third-order valence-electron chi connectivity index (χ3n) is 1.25. The van der Waals surface area contributed by atoms with E-state index >= 15 is 0 Å². The first-order chi connectivity index (χ1) is 4.85. The van der Waals surface area contributed by atoms with E-state index in [1.165, 1.54) is 0 Å². The van der Waals surface area contributed by atoms with Gasteiger partial charge in [0, 0.05) is 19.7 Å². The van der Waals surface area contributed by atoms with Crippen LogP contribution in [0.15, 0.2) is 12.8 Å². The van der Waals surface area contributed by atoms with E-state index in [9.17, 15) is 0 Å². The monoisotopic (exact) mass is 145 g/mol. The average molecular weight is 145 g/mol. The van der Waals surface area contributed by atoms with Crippen molar-refractivity contribution in [1.82, 2.24) is 4.90 Å². The van der Waals surface area contributed by atoms with E-state index < -0.39 is 0 Å². The normalized spacial score (nSPS) is 9.40. The molecule has 60 valence electrons. The summed E-state index contributed by atoms with van der Waals surface area (Å²) in [6.07, 6.45) is 2.40. The lowest BCUT2D eigenvalue weighted by Crippen LogP contribution is -2.22. The molecule has 0 radical (unpaired) electrons. The van der Waals surface area contributed by atoms with Crippen molar-refractivity contribution in [2.24, 2.45) is 0 Å². The van der Waals surface area contributed by atoms with Gasteiger partial charge in [-0.3, -0.25) is 0 Å². The molecule has 0 spiro atoms. The van der Waals surface area contributed by atoms with Gasteiger partial charge in [-0.15, -0.1) is 0 Å². The molecular formula is C7H15NO2. The van der Waals surface area contributed by atoms with Crippen LogP contribution in [0.5, 0.6) is 0 Å². The van der Waals surface area contributed by atoms with Gasteiger partial charge in [-0.2, -0.15) is 0 Å². The van der Waals surface area contributed by atoms with Crippen LogP contribution in [0.2, 0.25) is 0 Å². The molecule has 0 amide bonds. The number of rotatable bonds is 6. The molecule has 10 heavy (non-hydrogen) atoms. The summed E-state index contributed by atoms with van der Waals surface area (Å²) in [4.78, 5) is 1.87. The molecule has 0 bridgehead atoms. The fourth-order valence-electron chi connectivity index (χ4n) is 0.697. The quantitative estimate of drug-likeness (QED) is 0.544. The van der Waals surface area contributed by atoms with Crippen molar-refractivity contribution in [3.8, 4) is 0 Å². The second-order valence-electron chi connectivity index (χ2n) is 2.02. The van der Waals surface area contributed by atoms with Crippen LogP contribution in [0.4, 0.5) is 0 Å². The predicted octanol–water partition coefficient (Wildman–Crippen LogP) is -0.193. The zero-order chi connectivity index (χ0) is 7.82. The van der Waals surface area contributed by atoms with Gasteiger partial charge >= 0.3 is 0 Å². The number of aliphatic hydroxyl groups excluding tert-OH is 2. The van der Waals surface area contributed by atoms with Gasteiger partial charge in [0.05, 0.1) is 6.61 Å². The highest BCUT2D eigenvalue weighted by Crippen LogP contribution is 1.89. The standard InChI is InChI=1S/C7H15NO2/c1-2-8(5-7-10)4-3-6-9/h2,9-10H,1,3-7H2. The summed E-state index contributed by atoms with van der Waals surface area (Å²) in [5, 5.41) is 17.0. The summed E-state index contributed by atoms with van der Waals surface area (Å²) >= 11 is 0. The molecule has 0 heterocycles. The van der Waals surface area contributed by atoms with E-state index in [0.717, 1.165) is 13.0 Å². The minimum atomic E-state index is 0.136. The molecule has 0 rings (SSSR count). The third-order valence-corrected chi connectivity index (χ3v) is 1.25. The zero-order valence-corrected chi connectivity index (χ0v) is 6.16. The molecule has 0 aliphatic carbocycles. The molecule has 0 saturated heterocycles. The fraction of sp³-hybridized carbons (Fsp3) is 0.714. The first-order valence-corrected chi connectivity index (χ1v) is 3.43. The van der Waals surface area contributed by atoms with Crippen molar-refractivity contribution in [2.75, 3.05) is 26.3 Å². The summed E-state index contributed by atoms with van der Waals surface area (Å²) in [6.45, 7) is 5.26. The van der Waals surface area contributed by atoms with Crippen molar-refractivity contribution >= 4 is 0 Å². The Hall–Kier alpha value is -0.540. The maximum absolute atomic E-state index is 8.52. The summed E-state index contributed by atoms with van der Waals surface area (Å²) in [6, 6.07) is 0. The van der Waals surface area contributed by atoms with E-state index in [-0.39, 0.29) is 13.2 Å². The SMILES string of the molecule is C=CN(CCO)CCCO. The van der Waals surface area contributed by atoms with Gasteiger partial charge in [-0.25, -0.2) is 0 Å². The largest absolute Gasteiger partial charge is 0.396 e. The Morgan fingerprint density at radius 3 is 2.30 bits per heavy atom. The van der Waals surface area contributed by atoms with Gasteiger partial charge in [-0.05, 0) is 12.6 Å². The minimum absolute atomic E-state index is 0.136. The molecular weight excluding hydrogens is 130 g/mol. The summed E-state index contributed by atoms with van der Waals surface area (Å²) in [5.41, 5.74) is 0. The van der Waals surface area contributed by atoms with Gasteiger partial charge in [-0.1, -0.05) is 6.58 Å². The van der Waals surface area contributed by atoms with Crippen LogP contribution >= 0.6 is 0 Å². The molecule has 0 fully saturated rings. The number of hydrogen-bond acceptors (Lipinski definition) is 3. The highest BCUT2D eigenvalue weighted by Gasteiger charge is 1.94. The molecule has 0 aromatic rings. The smallest absolute Gasteiger partial charge is 0.0606 e. The first kappa shape index (κ1) is 9.46. The molecule has 0 aliphatic heterocycles. The topological polar surface area (TPSA) is 43.7 Å². The Morgan fingerprint density at radius 1 is 1.20 bits per heavy atom. The lowest BCUT2D eigenvalue weighted by molar-refractivity contribution is 0.217. The molecule has 0 atom stereocenters. The van der Waals surface area contributed by atoms with Gasteiger partial charge < -0.3 is 15.1 Å². The van der Waals surface area contributed by atoms with E-state index in [4.69, 9.17) is 10.2 Å². The van der Waals surface area contributed by atoms with Crippen LogP contribution in [-0.2, 0) is 0 Å². The number of nitrogens with zero attached hydrogens (tertiary/aromatic N) is 1. The third kappa shape index (κ3) is 4.35. The van der Waals surface area contributed by atoms with Gasteiger partial charge in [0.2, 0.25) is 0 Å². The Kier molecular flexibility index (Phi) is 6.22. The van der Waals surface area contributed by atoms with Gasteiger partial charge in [0.15, 0.2) is 0 Å². The molecule has 0 unspecified atom stereocenters. The highest BCUT2D eigenvalue weighted by atomic mass is 16.3. The molecule has 2 N–H and O–H groups in total. The molecule has 0 aromatic heterocycles. The van der Waals surface area contributed by atoms with Gasteiger partial charge in [0.25, 0.3) is 0 Å². The van der Waals surface area contributed by atoms with Crippen LogP contribution in [-0.4, -0.2) is 41.4 Å². The molecule has 3 heteroatoms. The fourth-order valence-corrected chi connectivity index (χ4v) is 0.697.